The Bertz CT molecular complexity index is 652. The van der Waals surface area contributed by atoms with E-state index in [-0.39, 0.29) is 5.91 Å². The second kappa shape index (κ2) is 11.7. The third kappa shape index (κ3) is 7.16. The van der Waals surface area contributed by atoms with E-state index in [0.29, 0.717) is 6.42 Å². The van der Waals surface area contributed by atoms with Crippen molar-refractivity contribution in [1.29, 1.82) is 0 Å². The second-order valence-electron chi connectivity index (χ2n) is 6.57. The molecule has 4 nitrogen and oxygen atoms in total. The van der Waals surface area contributed by atoms with Gasteiger partial charge in [0.15, 0.2) is 5.13 Å². The molecular weight excluding hydrogens is 342 g/mol. The van der Waals surface area contributed by atoms with Crippen molar-refractivity contribution in [1.82, 2.24) is 4.98 Å². The number of hydrogen-bond acceptors (Lipinski definition) is 4. The molecule has 1 aromatic carbocycles. The van der Waals surface area contributed by atoms with Gasteiger partial charge in [-0.25, -0.2) is 4.98 Å². The number of amides is 1. The molecule has 0 unspecified atom stereocenters. The summed E-state index contributed by atoms with van der Waals surface area (Å²) in [5, 5.41) is 9.20. The fourth-order valence-corrected chi connectivity index (χ4v) is 3.62. The van der Waals surface area contributed by atoms with Crippen molar-refractivity contribution in [2.75, 3.05) is 17.2 Å². The van der Waals surface area contributed by atoms with Gasteiger partial charge in [0.2, 0.25) is 5.91 Å². The van der Waals surface area contributed by atoms with Gasteiger partial charge < -0.3 is 10.6 Å². The lowest BCUT2D eigenvalue weighted by Gasteiger charge is -2.06. The van der Waals surface area contributed by atoms with Gasteiger partial charge in [-0.3, -0.25) is 4.79 Å². The monoisotopic (exact) mass is 373 g/mol. The smallest absolute Gasteiger partial charge is 0.224 e. The fourth-order valence-electron chi connectivity index (χ4n) is 2.83. The first-order chi connectivity index (χ1) is 12.7. The van der Waals surface area contributed by atoms with Crippen LogP contribution in [0.1, 0.15) is 65.2 Å². The minimum Gasteiger partial charge on any atom is -0.362 e. The number of unbranched alkanes of at least 4 members (excludes halogenated alkanes) is 6. The van der Waals surface area contributed by atoms with E-state index < -0.39 is 0 Å². The third-order valence-corrected chi connectivity index (χ3v) is 5.10. The van der Waals surface area contributed by atoms with Gasteiger partial charge in [0.05, 0.1) is 5.69 Å². The Hall–Kier alpha value is -1.88. The quantitative estimate of drug-likeness (QED) is 0.428. The van der Waals surface area contributed by atoms with Gasteiger partial charge in [-0.15, -0.1) is 11.3 Å². The van der Waals surface area contributed by atoms with Crippen molar-refractivity contribution in [3.63, 3.8) is 0 Å². The zero-order chi connectivity index (χ0) is 18.6. The SMILES string of the molecule is CCCCCCCCCC(=O)Nc1ccc(-c2csc(NCC)n2)cc1. The summed E-state index contributed by atoms with van der Waals surface area (Å²) in [4.78, 5) is 16.6. The Morgan fingerprint density at radius 3 is 2.38 bits per heavy atom. The number of carbonyl (C=O) groups excluding carboxylic acids is 1. The lowest BCUT2D eigenvalue weighted by atomic mass is 10.1. The van der Waals surface area contributed by atoms with Gasteiger partial charge in [0, 0.05) is 29.6 Å². The molecule has 2 rings (SSSR count). The number of benzene rings is 1. The lowest BCUT2D eigenvalue weighted by molar-refractivity contribution is -0.116. The van der Waals surface area contributed by atoms with Crippen LogP contribution in [0, 0.1) is 0 Å². The van der Waals surface area contributed by atoms with Gasteiger partial charge in [0.25, 0.3) is 0 Å². The van der Waals surface area contributed by atoms with E-state index in [9.17, 15) is 4.79 Å². The summed E-state index contributed by atoms with van der Waals surface area (Å²) >= 11 is 1.61. The molecule has 0 saturated heterocycles. The van der Waals surface area contributed by atoms with E-state index in [2.05, 4.69) is 29.5 Å². The highest BCUT2D eigenvalue weighted by Gasteiger charge is 2.06. The Labute approximate surface area is 161 Å². The Morgan fingerprint density at radius 2 is 1.69 bits per heavy atom. The highest BCUT2D eigenvalue weighted by Crippen LogP contribution is 2.26. The molecule has 0 saturated carbocycles. The molecule has 0 radical (unpaired) electrons. The summed E-state index contributed by atoms with van der Waals surface area (Å²) in [5.41, 5.74) is 2.88. The largest absolute Gasteiger partial charge is 0.362 e. The average Bonchev–Trinajstić information content (AvgIpc) is 3.10. The number of nitrogens with one attached hydrogen (secondary N) is 2. The molecule has 0 aliphatic carbocycles. The minimum absolute atomic E-state index is 0.106. The lowest BCUT2D eigenvalue weighted by Crippen LogP contribution is -2.10. The molecule has 2 N–H and O–H groups in total. The summed E-state index contributed by atoms with van der Waals surface area (Å²) in [6.45, 7) is 5.16. The van der Waals surface area contributed by atoms with Crippen LogP contribution in [0.5, 0.6) is 0 Å². The van der Waals surface area contributed by atoms with Crippen molar-refractivity contribution in [2.24, 2.45) is 0 Å². The van der Waals surface area contributed by atoms with Gasteiger partial charge >= 0.3 is 0 Å². The first kappa shape index (κ1) is 20.4. The molecule has 1 heterocycles. The molecule has 0 aliphatic rings. The van der Waals surface area contributed by atoms with Crippen molar-refractivity contribution in [3.8, 4) is 11.3 Å². The normalized spacial score (nSPS) is 10.7. The van der Waals surface area contributed by atoms with Gasteiger partial charge in [-0.05, 0) is 25.5 Å². The molecule has 26 heavy (non-hydrogen) atoms. The van der Waals surface area contributed by atoms with Crippen LogP contribution in [0.3, 0.4) is 0 Å². The third-order valence-electron chi connectivity index (χ3n) is 4.30. The summed E-state index contributed by atoms with van der Waals surface area (Å²) in [6, 6.07) is 7.91. The molecule has 5 heteroatoms. The summed E-state index contributed by atoms with van der Waals surface area (Å²) in [6.07, 6.45) is 9.19. The van der Waals surface area contributed by atoms with Crippen LogP contribution in [0.25, 0.3) is 11.3 Å². The number of nitrogens with zero attached hydrogens (tertiary/aromatic N) is 1. The number of aromatic nitrogens is 1. The van der Waals surface area contributed by atoms with Crippen molar-refractivity contribution in [3.05, 3.63) is 29.6 Å². The predicted octanol–water partition coefficient (Wildman–Crippen LogP) is 6.32. The topological polar surface area (TPSA) is 54.0 Å². The molecular formula is C21H31N3OS. The van der Waals surface area contributed by atoms with E-state index in [1.165, 1.54) is 32.1 Å². The van der Waals surface area contributed by atoms with Crippen LogP contribution in [0.15, 0.2) is 29.6 Å². The average molecular weight is 374 g/mol. The summed E-state index contributed by atoms with van der Waals surface area (Å²) in [5.74, 6) is 0.106. The van der Waals surface area contributed by atoms with Gasteiger partial charge in [0.1, 0.15) is 0 Å². The van der Waals surface area contributed by atoms with Gasteiger partial charge in [-0.2, -0.15) is 0 Å². The predicted molar refractivity (Wildman–Crippen MR) is 113 cm³/mol. The van der Waals surface area contributed by atoms with E-state index in [1.807, 2.05) is 29.6 Å². The molecule has 1 aromatic heterocycles. The molecule has 2 aromatic rings. The zero-order valence-corrected chi connectivity index (χ0v) is 16.8. The van der Waals surface area contributed by atoms with E-state index >= 15 is 0 Å². The van der Waals surface area contributed by atoms with E-state index in [1.54, 1.807) is 11.3 Å². The Balaban J connectivity index is 1.71. The molecule has 142 valence electrons. The molecule has 1 amide bonds. The van der Waals surface area contributed by atoms with Crippen LogP contribution in [0.2, 0.25) is 0 Å². The van der Waals surface area contributed by atoms with E-state index in [0.717, 1.165) is 41.5 Å². The molecule has 0 spiro atoms. The maximum Gasteiger partial charge on any atom is 0.224 e. The first-order valence-corrected chi connectivity index (χ1v) is 10.7. The van der Waals surface area contributed by atoms with Crippen LogP contribution < -0.4 is 10.6 Å². The van der Waals surface area contributed by atoms with Crippen LogP contribution >= 0.6 is 11.3 Å². The summed E-state index contributed by atoms with van der Waals surface area (Å²) < 4.78 is 0. The summed E-state index contributed by atoms with van der Waals surface area (Å²) in [7, 11) is 0. The standard InChI is InChI=1S/C21H31N3OS/c1-3-5-6-7-8-9-10-11-20(25)23-18-14-12-17(13-15-18)19-16-26-21(24-19)22-4-2/h12-16H,3-11H2,1-2H3,(H,22,24)(H,23,25). The van der Waals surface area contributed by atoms with Crippen LogP contribution in [0.4, 0.5) is 10.8 Å². The number of thiazole rings is 1. The number of anilines is 2. The van der Waals surface area contributed by atoms with Gasteiger partial charge in [-0.1, -0.05) is 57.6 Å². The maximum atomic E-state index is 12.0. The Morgan fingerprint density at radius 1 is 1.00 bits per heavy atom. The molecule has 0 fully saturated rings. The molecule has 0 aliphatic heterocycles. The maximum absolute atomic E-state index is 12.0. The number of carbonyl (C=O) groups is 1. The van der Waals surface area contributed by atoms with Crippen molar-refractivity contribution >= 4 is 28.1 Å². The molecule has 0 bridgehead atoms. The van der Waals surface area contributed by atoms with Crippen molar-refractivity contribution < 1.29 is 4.79 Å². The first-order valence-electron chi connectivity index (χ1n) is 9.82. The van der Waals surface area contributed by atoms with Crippen molar-refractivity contribution in [2.45, 2.75) is 65.2 Å². The number of hydrogen-bond donors (Lipinski definition) is 2. The second-order valence-corrected chi connectivity index (χ2v) is 7.42. The van der Waals surface area contributed by atoms with Crippen LogP contribution in [-0.4, -0.2) is 17.4 Å². The highest BCUT2D eigenvalue weighted by molar-refractivity contribution is 7.14. The molecule has 0 atom stereocenters. The number of rotatable bonds is 12. The van der Waals surface area contributed by atoms with Crippen LogP contribution in [-0.2, 0) is 4.79 Å². The zero-order valence-electron chi connectivity index (χ0n) is 16.0. The van der Waals surface area contributed by atoms with E-state index in [4.69, 9.17) is 0 Å². The highest BCUT2D eigenvalue weighted by atomic mass is 32.1. The Kier molecular flexibility index (Phi) is 9.18. The minimum atomic E-state index is 0.106. The fraction of sp³-hybridized carbons (Fsp3) is 0.524.